The highest BCUT2D eigenvalue weighted by molar-refractivity contribution is 6.39. The number of anilines is 1. The third-order valence-electron chi connectivity index (χ3n) is 3.18. The molecule has 0 aliphatic heterocycles. The Morgan fingerprint density at radius 1 is 1.32 bits per heavy atom. The summed E-state index contributed by atoms with van der Waals surface area (Å²) in [4.78, 5) is 23.5. The molecule has 0 heterocycles. The largest absolute Gasteiger partial charge is 0.388 e. The van der Waals surface area contributed by atoms with Gasteiger partial charge in [0, 0.05) is 17.3 Å². The lowest BCUT2D eigenvalue weighted by Crippen LogP contribution is -2.44. The normalized spacial score (nSPS) is 13.5. The average Bonchev–Trinajstić information content (AvgIpc) is 2.43. The van der Waals surface area contributed by atoms with Gasteiger partial charge in [-0.2, -0.15) is 0 Å². The molecule has 0 aliphatic carbocycles. The number of hydrogen-bond acceptors (Lipinski definition) is 3. The van der Waals surface area contributed by atoms with E-state index in [0.717, 1.165) is 6.42 Å². The minimum atomic E-state index is -1.03. The van der Waals surface area contributed by atoms with E-state index in [9.17, 15) is 14.7 Å². The lowest BCUT2D eigenvalue weighted by molar-refractivity contribution is -0.136. The van der Waals surface area contributed by atoms with Gasteiger partial charge in [0.05, 0.1) is 5.60 Å². The van der Waals surface area contributed by atoms with Gasteiger partial charge in [0.2, 0.25) is 0 Å². The van der Waals surface area contributed by atoms with Crippen LogP contribution in [0.3, 0.4) is 0 Å². The fourth-order valence-corrected chi connectivity index (χ4v) is 1.98. The van der Waals surface area contributed by atoms with Crippen molar-refractivity contribution in [1.29, 1.82) is 0 Å². The van der Waals surface area contributed by atoms with Crippen LogP contribution < -0.4 is 10.6 Å². The smallest absolute Gasteiger partial charge is 0.313 e. The summed E-state index contributed by atoms with van der Waals surface area (Å²) < 4.78 is 0. The van der Waals surface area contributed by atoms with Crippen LogP contribution in [0.5, 0.6) is 0 Å². The van der Waals surface area contributed by atoms with Crippen LogP contribution in [-0.2, 0) is 9.59 Å². The van der Waals surface area contributed by atoms with Crippen molar-refractivity contribution in [2.45, 2.75) is 39.2 Å². The number of rotatable bonds is 6. The zero-order valence-corrected chi connectivity index (χ0v) is 13.9. The number of amides is 2. The topological polar surface area (TPSA) is 78.4 Å². The Balaban J connectivity index is 2.46. The first-order valence-electron chi connectivity index (χ1n) is 7.27. The first kappa shape index (κ1) is 18.5. The highest BCUT2D eigenvalue weighted by Crippen LogP contribution is 2.16. The first-order valence-corrected chi connectivity index (χ1v) is 7.64. The molecule has 0 saturated heterocycles. The van der Waals surface area contributed by atoms with Crippen LogP contribution in [0.2, 0.25) is 5.02 Å². The van der Waals surface area contributed by atoms with Crippen molar-refractivity contribution in [3.8, 4) is 0 Å². The van der Waals surface area contributed by atoms with Crippen LogP contribution in [0.15, 0.2) is 24.3 Å². The molecule has 0 aromatic heterocycles. The van der Waals surface area contributed by atoms with E-state index in [2.05, 4.69) is 24.5 Å². The van der Waals surface area contributed by atoms with Crippen molar-refractivity contribution in [2.75, 3.05) is 11.9 Å². The van der Waals surface area contributed by atoms with E-state index in [4.69, 9.17) is 11.6 Å². The Hall–Kier alpha value is -1.59. The zero-order valence-electron chi connectivity index (χ0n) is 13.1. The van der Waals surface area contributed by atoms with Crippen molar-refractivity contribution in [3.63, 3.8) is 0 Å². The zero-order chi connectivity index (χ0) is 16.8. The number of hydrogen-bond donors (Lipinski definition) is 3. The summed E-state index contributed by atoms with van der Waals surface area (Å²) in [6.45, 7) is 5.80. The molecule has 6 heteroatoms. The van der Waals surface area contributed by atoms with Gasteiger partial charge < -0.3 is 15.7 Å². The summed E-state index contributed by atoms with van der Waals surface area (Å²) in [5, 5.41) is 15.5. The van der Waals surface area contributed by atoms with Gasteiger partial charge in [-0.1, -0.05) is 31.5 Å². The minimum Gasteiger partial charge on any atom is -0.388 e. The molecular weight excluding hydrogens is 304 g/mol. The second-order valence-electron chi connectivity index (χ2n) is 6.08. The maximum Gasteiger partial charge on any atom is 0.313 e. The molecule has 1 aromatic rings. The van der Waals surface area contributed by atoms with E-state index >= 15 is 0 Å². The standard InChI is InChI=1S/C16H23ClN2O3/c1-11(2)7-8-16(3,22)10-18-14(20)15(21)19-13-6-4-5-12(17)9-13/h4-6,9,11,22H,7-8,10H2,1-3H3,(H,18,20)(H,19,21)/t16-/m1/s1. The van der Waals surface area contributed by atoms with E-state index in [0.29, 0.717) is 23.0 Å². The van der Waals surface area contributed by atoms with Gasteiger partial charge in [0.25, 0.3) is 0 Å². The summed E-state index contributed by atoms with van der Waals surface area (Å²) in [6.07, 6.45) is 1.40. The van der Waals surface area contributed by atoms with E-state index in [1.807, 2.05) is 0 Å². The Bertz CT molecular complexity index is 530. The number of benzene rings is 1. The molecule has 0 unspecified atom stereocenters. The summed E-state index contributed by atoms with van der Waals surface area (Å²) in [6, 6.07) is 6.52. The average molecular weight is 327 g/mol. The van der Waals surface area contributed by atoms with Crippen LogP contribution in [0.1, 0.15) is 33.6 Å². The van der Waals surface area contributed by atoms with Gasteiger partial charge in [-0.3, -0.25) is 9.59 Å². The summed E-state index contributed by atoms with van der Waals surface area (Å²) in [5.41, 5.74) is -0.588. The van der Waals surface area contributed by atoms with Crippen molar-refractivity contribution >= 4 is 29.1 Å². The molecule has 0 saturated carbocycles. The third-order valence-corrected chi connectivity index (χ3v) is 3.41. The second-order valence-corrected chi connectivity index (χ2v) is 6.51. The van der Waals surface area contributed by atoms with Crippen LogP contribution in [0.25, 0.3) is 0 Å². The molecule has 1 atom stereocenters. The summed E-state index contributed by atoms with van der Waals surface area (Å²) in [7, 11) is 0. The molecule has 0 spiro atoms. The third kappa shape index (κ3) is 6.91. The van der Waals surface area contributed by atoms with Crippen LogP contribution in [0, 0.1) is 5.92 Å². The van der Waals surface area contributed by atoms with Gasteiger partial charge >= 0.3 is 11.8 Å². The fraction of sp³-hybridized carbons (Fsp3) is 0.500. The number of carbonyl (C=O) groups is 2. The Morgan fingerprint density at radius 3 is 2.59 bits per heavy atom. The predicted molar refractivity (Wildman–Crippen MR) is 87.8 cm³/mol. The Morgan fingerprint density at radius 2 is 2.00 bits per heavy atom. The molecule has 2 amide bonds. The van der Waals surface area contributed by atoms with Gasteiger partial charge in [-0.15, -0.1) is 0 Å². The quantitative estimate of drug-likeness (QED) is 0.703. The SMILES string of the molecule is CC(C)CC[C@@](C)(O)CNC(=O)C(=O)Nc1cccc(Cl)c1. The number of carbonyl (C=O) groups excluding carboxylic acids is 2. The molecule has 0 aliphatic rings. The highest BCUT2D eigenvalue weighted by atomic mass is 35.5. The second kappa shape index (κ2) is 8.15. The van der Waals surface area contributed by atoms with Crippen LogP contribution in [-0.4, -0.2) is 29.1 Å². The minimum absolute atomic E-state index is 0.0293. The molecule has 0 bridgehead atoms. The van der Waals surface area contributed by atoms with Crippen LogP contribution in [0.4, 0.5) is 5.69 Å². The molecule has 22 heavy (non-hydrogen) atoms. The van der Waals surface area contributed by atoms with Crippen molar-refractivity contribution in [1.82, 2.24) is 5.32 Å². The molecule has 1 rings (SSSR count). The van der Waals surface area contributed by atoms with Crippen molar-refractivity contribution in [3.05, 3.63) is 29.3 Å². The van der Waals surface area contributed by atoms with Gasteiger partial charge in [0.15, 0.2) is 0 Å². The fourth-order valence-electron chi connectivity index (χ4n) is 1.79. The molecular formula is C16H23ClN2O3. The number of nitrogens with one attached hydrogen (secondary N) is 2. The summed E-state index contributed by atoms with van der Waals surface area (Å²) >= 11 is 5.80. The first-order chi connectivity index (χ1) is 10.2. The van der Waals surface area contributed by atoms with E-state index in [1.54, 1.807) is 31.2 Å². The maximum absolute atomic E-state index is 11.8. The Kier molecular flexibility index (Phi) is 6.84. The predicted octanol–water partition coefficient (Wildman–Crippen LogP) is 2.58. The highest BCUT2D eigenvalue weighted by Gasteiger charge is 2.23. The summed E-state index contributed by atoms with van der Waals surface area (Å²) in [5.74, 6) is -1.11. The monoisotopic (exact) mass is 326 g/mol. The van der Waals surface area contributed by atoms with Gasteiger partial charge in [-0.05, 0) is 43.9 Å². The number of aliphatic hydroxyl groups is 1. The van der Waals surface area contributed by atoms with Crippen LogP contribution >= 0.6 is 11.6 Å². The lowest BCUT2D eigenvalue weighted by Gasteiger charge is -2.24. The molecule has 5 nitrogen and oxygen atoms in total. The van der Waals surface area contributed by atoms with E-state index in [-0.39, 0.29) is 6.54 Å². The molecule has 3 N–H and O–H groups in total. The molecule has 0 radical (unpaired) electrons. The molecule has 122 valence electrons. The van der Waals surface area contributed by atoms with Crippen molar-refractivity contribution in [2.24, 2.45) is 5.92 Å². The molecule has 0 fully saturated rings. The Labute approximate surface area is 136 Å². The molecule has 1 aromatic carbocycles. The lowest BCUT2D eigenvalue weighted by atomic mass is 9.95. The van der Waals surface area contributed by atoms with E-state index < -0.39 is 17.4 Å². The number of halogens is 1. The van der Waals surface area contributed by atoms with E-state index in [1.165, 1.54) is 0 Å². The maximum atomic E-state index is 11.8. The van der Waals surface area contributed by atoms with Gasteiger partial charge in [0.1, 0.15) is 0 Å². The van der Waals surface area contributed by atoms with Gasteiger partial charge in [-0.25, -0.2) is 0 Å². The van der Waals surface area contributed by atoms with Crippen molar-refractivity contribution < 1.29 is 14.7 Å².